The highest BCUT2D eigenvalue weighted by atomic mass is 79.9. The second-order valence-electron chi connectivity index (χ2n) is 5.15. The smallest absolute Gasteiger partial charge is 0.292 e. The van der Waals surface area contributed by atoms with Crippen LogP contribution in [0.1, 0.15) is 10.4 Å². The molecule has 1 amide bonds. The number of hydrogen-bond acceptors (Lipinski definition) is 6. The van der Waals surface area contributed by atoms with E-state index in [0.29, 0.717) is 33.8 Å². The molecule has 9 heteroatoms. The van der Waals surface area contributed by atoms with Crippen molar-refractivity contribution < 1.29 is 19.2 Å². The average molecular weight is 424 g/mol. The molecule has 2 aromatic rings. The molecule has 0 heterocycles. The van der Waals surface area contributed by atoms with E-state index in [0.717, 1.165) is 0 Å². The van der Waals surface area contributed by atoms with Gasteiger partial charge < -0.3 is 20.1 Å². The van der Waals surface area contributed by atoms with Crippen molar-refractivity contribution in [2.45, 2.75) is 0 Å². The first-order valence-corrected chi connectivity index (χ1v) is 8.44. The molecule has 0 saturated carbocycles. The summed E-state index contributed by atoms with van der Waals surface area (Å²) >= 11 is 3.35. The van der Waals surface area contributed by atoms with Gasteiger partial charge in [-0.1, -0.05) is 12.1 Å². The zero-order chi connectivity index (χ0) is 19.1. The van der Waals surface area contributed by atoms with Crippen molar-refractivity contribution >= 4 is 33.2 Å². The van der Waals surface area contributed by atoms with Crippen LogP contribution in [0.5, 0.6) is 11.5 Å². The number of halogens is 1. The van der Waals surface area contributed by atoms with Crippen molar-refractivity contribution in [1.29, 1.82) is 0 Å². The normalized spacial score (nSPS) is 10.1. The summed E-state index contributed by atoms with van der Waals surface area (Å²) in [6, 6.07) is 9.52. The third kappa shape index (κ3) is 4.63. The van der Waals surface area contributed by atoms with E-state index in [-0.39, 0.29) is 18.1 Å². The quantitative estimate of drug-likeness (QED) is 0.383. The molecular weight excluding hydrogens is 406 g/mol. The highest BCUT2D eigenvalue weighted by molar-refractivity contribution is 9.10. The van der Waals surface area contributed by atoms with E-state index in [2.05, 4.69) is 26.6 Å². The van der Waals surface area contributed by atoms with E-state index in [1.54, 1.807) is 30.3 Å². The zero-order valence-electron chi connectivity index (χ0n) is 14.2. The van der Waals surface area contributed by atoms with Crippen LogP contribution in [0.25, 0.3) is 0 Å². The monoisotopic (exact) mass is 423 g/mol. The molecule has 0 spiro atoms. The van der Waals surface area contributed by atoms with E-state index < -0.39 is 4.92 Å². The molecule has 8 nitrogen and oxygen atoms in total. The molecule has 138 valence electrons. The molecular formula is C17H18BrN3O5. The van der Waals surface area contributed by atoms with E-state index in [1.807, 2.05) is 0 Å². The Kier molecular flexibility index (Phi) is 6.79. The van der Waals surface area contributed by atoms with Gasteiger partial charge in [0.1, 0.15) is 21.7 Å². The molecule has 0 aliphatic carbocycles. The van der Waals surface area contributed by atoms with Gasteiger partial charge in [-0.25, -0.2) is 0 Å². The first kappa shape index (κ1) is 19.5. The second kappa shape index (κ2) is 9.04. The van der Waals surface area contributed by atoms with Gasteiger partial charge in [0.2, 0.25) is 0 Å². The summed E-state index contributed by atoms with van der Waals surface area (Å²) in [4.78, 5) is 22.8. The van der Waals surface area contributed by atoms with Crippen molar-refractivity contribution in [1.82, 2.24) is 5.32 Å². The number of nitro groups is 1. The number of para-hydroxylation sites is 2. The molecule has 2 rings (SSSR count). The highest BCUT2D eigenvalue weighted by Gasteiger charge is 2.15. The molecule has 0 saturated heterocycles. The number of hydrogen-bond donors (Lipinski definition) is 2. The van der Waals surface area contributed by atoms with Crippen LogP contribution < -0.4 is 20.1 Å². The molecule has 0 aromatic heterocycles. The molecule has 26 heavy (non-hydrogen) atoms. The SMILES string of the molecule is COc1cc(C(=O)NCCNc2ccccc2[N+](=O)[O-])cc(OC)c1Br. The second-order valence-corrected chi connectivity index (χ2v) is 5.94. The van der Waals surface area contributed by atoms with Gasteiger partial charge in [0.05, 0.1) is 19.1 Å². The van der Waals surface area contributed by atoms with E-state index in [9.17, 15) is 14.9 Å². The summed E-state index contributed by atoms with van der Waals surface area (Å²) in [5, 5.41) is 16.6. The summed E-state index contributed by atoms with van der Waals surface area (Å²) in [7, 11) is 3.00. The number of carbonyl (C=O) groups is 1. The molecule has 2 N–H and O–H groups in total. The third-order valence-corrected chi connectivity index (χ3v) is 4.32. The Morgan fingerprint density at radius 2 is 1.77 bits per heavy atom. The maximum atomic E-state index is 12.3. The van der Waals surface area contributed by atoms with Gasteiger partial charge in [-0.15, -0.1) is 0 Å². The van der Waals surface area contributed by atoms with Crippen LogP contribution in [-0.4, -0.2) is 38.1 Å². The van der Waals surface area contributed by atoms with Crippen LogP contribution in [0.15, 0.2) is 40.9 Å². The van der Waals surface area contributed by atoms with Crippen LogP contribution in [0.2, 0.25) is 0 Å². The van der Waals surface area contributed by atoms with Gasteiger partial charge in [0, 0.05) is 24.7 Å². The lowest BCUT2D eigenvalue weighted by atomic mass is 10.2. The standard InChI is InChI=1S/C17H18BrN3O5/c1-25-14-9-11(10-15(26-2)16(14)18)17(22)20-8-7-19-12-5-3-4-6-13(12)21(23)24/h3-6,9-10,19H,7-8H2,1-2H3,(H,20,22). The van der Waals surface area contributed by atoms with Gasteiger partial charge in [-0.05, 0) is 34.1 Å². The Labute approximate surface area is 158 Å². The number of methoxy groups -OCH3 is 2. The third-order valence-electron chi connectivity index (χ3n) is 3.53. The zero-order valence-corrected chi connectivity index (χ0v) is 15.8. The molecule has 0 radical (unpaired) electrons. The highest BCUT2D eigenvalue weighted by Crippen LogP contribution is 2.35. The Bertz CT molecular complexity index is 788. The fraction of sp³-hybridized carbons (Fsp3) is 0.235. The maximum Gasteiger partial charge on any atom is 0.292 e. The molecule has 0 atom stereocenters. The average Bonchev–Trinajstić information content (AvgIpc) is 2.65. The van der Waals surface area contributed by atoms with E-state index >= 15 is 0 Å². The molecule has 0 aliphatic rings. The summed E-state index contributed by atoms with van der Waals surface area (Å²) in [6.45, 7) is 0.618. The lowest BCUT2D eigenvalue weighted by Crippen LogP contribution is -2.28. The van der Waals surface area contributed by atoms with Gasteiger partial charge >= 0.3 is 0 Å². The Morgan fingerprint density at radius 1 is 1.15 bits per heavy atom. The lowest BCUT2D eigenvalue weighted by molar-refractivity contribution is -0.384. The van der Waals surface area contributed by atoms with Crippen LogP contribution in [0.3, 0.4) is 0 Å². The summed E-state index contributed by atoms with van der Waals surface area (Å²) in [6.07, 6.45) is 0. The molecule has 2 aromatic carbocycles. The number of nitro benzene ring substituents is 1. The number of rotatable bonds is 8. The molecule has 0 bridgehead atoms. The van der Waals surface area contributed by atoms with Crippen LogP contribution >= 0.6 is 15.9 Å². The lowest BCUT2D eigenvalue weighted by Gasteiger charge is -2.12. The Hall–Kier alpha value is -2.81. The number of anilines is 1. The van der Waals surface area contributed by atoms with Crippen molar-refractivity contribution in [3.8, 4) is 11.5 Å². The largest absolute Gasteiger partial charge is 0.495 e. The topological polar surface area (TPSA) is 103 Å². The Morgan fingerprint density at radius 3 is 2.35 bits per heavy atom. The van der Waals surface area contributed by atoms with Crippen molar-refractivity contribution in [3.05, 3.63) is 56.5 Å². The summed E-state index contributed by atoms with van der Waals surface area (Å²) in [5.74, 6) is 0.651. The number of amides is 1. The van der Waals surface area contributed by atoms with Crippen molar-refractivity contribution in [2.24, 2.45) is 0 Å². The van der Waals surface area contributed by atoms with E-state index in [4.69, 9.17) is 9.47 Å². The minimum absolute atomic E-state index is 0.0128. The Balaban J connectivity index is 1.97. The minimum atomic E-state index is -0.457. The van der Waals surface area contributed by atoms with Crippen molar-refractivity contribution in [2.75, 3.05) is 32.6 Å². The fourth-order valence-corrected chi connectivity index (χ4v) is 2.81. The van der Waals surface area contributed by atoms with E-state index in [1.165, 1.54) is 20.3 Å². The predicted octanol–water partition coefficient (Wildman–Crippen LogP) is 3.22. The fourth-order valence-electron chi connectivity index (χ4n) is 2.26. The number of nitrogens with zero attached hydrogens (tertiary/aromatic N) is 1. The molecule has 0 aliphatic heterocycles. The molecule has 0 fully saturated rings. The summed E-state index contributed by atoms with van der Waals surface area (Å²) < 4.78 is 11.1. The molecule has 0 unspecified atom stereocenters. The number of benzene rings is 2. The van der Waals surface area contributed by atoms with Crippen molar-refractivity contribution in [3.63, 3.8) is 0 Å². The van der Waals surface area contributed by atoms with Gasteiger partial charge in [-0.2, -0.15) is 0 Å². The number of ether oxygens (including phenoxy) is 2. The van der Waals surface area contributed by atoms with Gasteiger partial charge in [0.15, 0.2) is 0 Å². The predicted molar refractivity (Wildman–Crippen MR) is 101 cm³/mol. The maximum absolute atomic E-state index is 12.3. The van der Waals surface area contributed by atoms with Gasteiger partial charge in [-0.3, -0.25) is 14.9 Å². The van der Waals surface area contributed by atoms with Crippen LogP contribution in [0.4, 0.5) is 11.4 Å². The summed E-state index contributed by atoms with van der Waals surface area (Å²) in [5.41, 5.74) is 0.771. The van der Waals surface area contributed by atoms with Crippen LogP contribution in [0, 0.1) is 10.1 Å². The van der Waals surface area contributed by atoms with Crippen LogP contribution in [-0.2, 0) is 0 Å². The minimum Gasteiger partial charge on any atom is -0.495 e. The first-order chi connectivity index (χ1) is 12.5. The van der Waals surface area contributed by atoms with Gasteiger partial charge in [0.25, 0.3) is 11.6 Å². The number of carbonyl (C=O) groups excluding carboxylic acids is 1. The number of nitrogens with one attached hydrogen (secondary N) is 2. The first-order valence-electron chi connectivity index (χ1n) is 7.65.